The van der Waals surface area contributed by atoms with Gasteiger partial charge in [-0.05, 0) is 18.1 Å². The maximum Gasteiger partial charge on any atom is 0.331 e. The van der Waals surface area contributed by atoms with Crippen molar-refractivity contribution >= 4 is 29.5 Å². The van der Waals surface area contributed by atoms with Gasteiger partial charge in [0.05, 0.1) is 16.5 Å². The summed E-state index contributed by atoms with van der Waals surface area (Å²) in [5, 5.41) is -0.107. The number of fused-ring (bicyclic) bond motifs is 1. The first-order chi connectivity index (χ1) is 14.4. The number of carbonyl (C=O) groups is 3. The number of thioether (sulfide) groups is 1. The summed E-state index contributed by atoms with van der Waals surface area (Å²) in [6, 6.07) is 18.1. The Balaban J connectivity index is 1.67. The normalized spacial score (nSPS) is 25.3. The Bertz CT molecular complexity index is 955. The van der Waals surface area contributed by atoms with Crippen LogP contribution in [0.15, 0.2) is 72.8 Å². The van der Waals surface area contributed by atoms with Crippen molar-refractivity contribution in [3.8, 4) is 0 Å². The summed E-state index contributed by atoms with van der Waals surface area (Å²) in [7, 11) is 0. The predicted octanol–water partition coefficient (Wildman–Crippen LogP) is 2.79. The van der Waals surface area contributed by atoms with Crippen LogP contribution in [0, 0.1) is 0 Å². The molecule has 0 saturated carbocycles. The second kappa shape index (κ2) is 7.99. The first-order valence-corrected chi connectivity index (χ1v) is 10.5. The summed E-state index contributed by atoms with van der Waals surface area (Å²) in [5.41, 5.74) is 6.94. The molecule has 2 aromatic rings. The zero-order valence-electron chi connectivity index (χ0n) is 16.4. The zero-order chi connectivity index (χ0) is 21.3. The summed E-state index contributed by atoms with van der Waals surface area (Å²) in [5.74, 6) is -1.20. The van der Waals surface area contributed by atoms with Gasteiger partial charge in [0.2, 0.25) is 11.8 Å². The van der Waals surface area contributed by atoms with E-state index >= 15 is 0 Å². The molecule has 2 heterocycles. The molecule has 2 N–H and O–H groups in total. The fourth-order valence-electron chi connectivity index (χ4n) is 3.93. The Labute approximate surface area is 179 Å². The molecule has 2 fully saturated rings. The van der Waals surface area contributed by atoms with E-state index < -0.39 is 28.8 Å². The molecule has 0 radical (unpaired) electrons. The Morgan fingerprint density at radius 3 is 2.20 bits per heavy atom. The molecule has 0 aromatic heterocycles. The number of nitrogens with zero attached hydrogens (tertiary/aromatic N) is 1. The number of nitrogens with two attached hydrogens (primary N) is 1. The number of benzene rings is 2. The van der Waals surface area contributed by atoms with Gasteiger partial charge in [0.15, 0.2) is 6.10 Å². The third-order valence-corrected chi connectivity index (χ3v) is 6.93. The van der Waals surface area contributed by atoms with Gasteiger partial charge in [-0.1, -0.05) is 66.7 Å². The second-order valence-corrected chi connectivity index (χ2v) is 9.20. The Hall–Kier alpha value is -3.06. The first kappa shape index (κ1) is 20.2. The van der Waals surface area contributed by atoms with E-state index in [-0.39, 0.29) is 11.3 Å². The molecule has 2 saturated heterocycles. The second-order valence-electron chi connectivity index (χ2n) is 7.54. The number of hydrogen-bond donors (Lipinski definition) is 1. The topological polar surface area (TPSA) is 89.7 Å². The van der Waals surface area contributed by atoms with E-state index in [0.29, 0.717) is 6.42 Å². The summed E-state index contributed by atoms with van der Waals surface area (Å²) in [6.45, 7) is 1.83. The van der Waals surface area contributed by atoms with Crippen molar-refractivity contribution in [1.29, 1.82) is 0 Å². The summed E-state index contributed by atoms with van der Waals surface area (Å²) < 4.78 is 5.21. The third-order valence-electron chi connectivity index (χ3n) is 5.40. The van der Waals surface area contributed by atoms with Gasteiger partial charge < -0.3 is 15.4 Å². The molecule has 154 valence electrons. The van der Waals surface area contributed by atoms with E-state index in [1.165, 1.54) is 17.8 Å². The van der Waals surface area contributed by atoms with E-state index in [4.69, 9.17) is 10.5 Å². The van der Waals surface area contributed by atoms with Crippen LogP contribution < -0.4 is 5.73 Å². The van der Waals surface area contributed by atoms with Crippen LogP contribution in [0.3, 0.4) is 0 Å². The van der Waals surface area contributed by atoms with Crippen LogP contribution in [-0.2, 0) is 19.1 Å². The van der Waals surface area contributed by atoms with Crippen molar-refractivity contribution in [2.75, 3.05) is 0 Å². The fraction of sp³-hybridized carbons (Fsp3) is 0.261. The SMILES string of the molecule is C[C@]1(C=CC(N)=O)S[C@@H]2CC(=O)N2[C@H]1C(=O)OC(c1ccccc1)c1ccccc1. The highest BCUT2D eigenvalue weighted by atomic mass is 32.2. The monoisotopic (exact) mass is 422 g/mol. The summed E-state index contributed by atoms with van der Waals surface area (Å²) in [4.78, 5) is 38.5. The van der Waals surface area contributed by atoms with Gasteiger partial charge in [-0.25, -0.2) is 4.79 Å². The summed E-state index contributed by atoms with van der Waals surface area (Å²) in [6.07, 6.45) is 2.62. The van der Waals surface area contributed by atoms with Gasteiger partial charge in [-0.15, -0.1) is 11.8 Å². The van der Waals surface area contributed by atoms with Crippen molar-refractivity contribution in [2.24, 2.45) is 5.73 Å². The van der Waals surface area contributed by atoms with Crippen LogP contribution in [0.5, 0.6) is 0 Å². The highest BCUT2D eigenvalue weighted by Crippen LogP contribution is 2.52. The third kappa shape index (κ3) is 3.73. The molecule has 0 unspecified atom stereocenters. The largest absolute Gasteiger partial charge is 0.451 e. The number of rotatable bonds is 6. The van der Waals surface area contributed by atoms with Crippen molar-refractivity contribution in [2.45, 2.75) is 35.6 Å². The van der Waals surface area contributed by atoms with Crippen LogP contribution in [-0.4, -0.2) is 38.8 Å². The lowest BCUT2D eigenvalue weighted by Crippen LogP contribution is -2.57. The molecule has 0 aliphatic carbocycles. The molecule has 30 heavy (non-hydrogen) atoms. The Morgan fingerprint density at radius 2 is 1.70 bits per heavy atom. The van der Waals surface area contributed by atoms with E-state index in [9.17, 15) is 14.4 Å². The van der Waals surface area contributed by atoms with Crippen molar-refractivity contribution in [3.63, 3.8) is 0 Å². The maximum atomic E-state index is 13.4. The molecular formula is C23H22N2O4S. The maximum absolute atomic E-state index is 13.4. The molecule has 2 amide bonds. The van der Waals surface area contributed by atoms with Crippen LogP contribution in [0.1, 0.15) is 30.6 Å². The molecule has 7 heteroatoms. The number of amides is 2. The van der Waals surface area contributed by atoms with Gasteiger partial charge in [0.25, 0.3) is 0 Å². The standard InChI is InChI=1S/C23H22N2O4S/c1-23(13-12-17(24)26)21(25-18(27)14-19(25)30-23)22(28)29-20(15-8-4-2-5-9-15)16-10-6-3-7-11-16/h2-13,19-21H,14H2,1H3,(H2,24,26)/t19-,21+,23-/m1/s1. The minimum Gasteiger partial charge on any atom is -0.451 e. The smallest absolute Gasteiger partial charge is 0.331 e. The molecule has 2 aromatic carbocycles. The molecule has 0 spiro atoms. The van der Waals surface area contributed by atoms with Gasteiger partial charge in [-0.3, -0.25) is 9.59 Å². The minimum absolute atomic E-state index is 0.0957. The molecule has 4 rings (SSSR count). The number of primary amides is 1. The van der Waals surface area contributed by atoms with E-state index in [1.807, 2.05) is 67.6 Å². The number of hydrogen-bond acceptors (Lipinski definition) is 5. The fourth-order valence-corrected chi connectivity index (χ4v) is 5.58. The lowest BCUT2D eigenvalue weighted by atomic mass is 9.95. The van der Waals surface area contributed by atoms with Crippen molar-refractivity contribution < 1.29 is 19.1 Å². The van der Waals surface area contributed by atoms with Gasteiger partial charge in [-0.2, -0.15) is 0 Å². The molecule has 3 atom stereocenters. The van der Waals surface area contributed by atoms with Crippen LogP contribution >= 0.6 is 11.8 Å². The lowest BCUT2D eigenvalue weighted by Gasteiger charge is -2.38. The minimum atomic E-state index is -0.834. The van der Waals surface area contributed by atoms with E-state index in [0.717, 1.165) is 11.1 Å². The molecule has 0 bridgehead atoms. The van der Waals surface area contributed by atoms with Gasteiger partial charge >= 0.3 is 5.97 Å². The van der Waals surface area contributed by atoms with E-state index in [1.54, 1.807) is 11.0 Å². The van der Waals surface area contributed by atoms with E-state index in [2.05, 4.69) is 0 Å². The molecular weight excluding hydrogens is 400 g/mol. The van der Waals surface area contributed by atoms with Crippen LogP contribution in [0.25, 0.3) is 0 Å². The van der Waals surface area contributed by atoms with Gasteiger partial charge in [0.1, 0.15) is 6.04 Å². The Morgan fingerprint density at radius 1 is 1.13 bits per heavy atom. The first-order valence-electron chi connectivity index (χ1n) is 9.67. The summed E-state index contributed by atoms with van der Waals surface area (Å²) >= 11 is 1.47. The Kier molecular flexibility index (Phi) is 5.39. The number of ether oxygens (including phenoxy) is 1. The molecule has 2 aliphatic rings. The number of esters is 1. The van der Waals surface area contributed by atoms with Crippen molar-refractivity contribution in [1.82, 2.24) is 4.90 Å². The molecule has 2 aliphatic heterocycles. The van der Waals surface area contributed by atoms with Crippen LogP contribution in [0.2, 0.25) is 0 Å². The highest BCUT2D eigenvalue weighted by molar-refractivity contribution is 8.01. The predicted molar refractivity (Wildman–Crippen MR) is 114 cm³/mol. The van der Waals surface area contributed by atoms with Crippen molar-refractivity contribution in [3.05, 3.63) is 83.9 Å². The van der Waals surface area contributed by atoms with Gasteiger partial charge in [0, 0.05) is 6.08 Å². The zero-order valence-corrected chi connectivity index (χ0v) is 17.2. The average Bonchev–Trinajstić information content (AvgIpc) is 2.99. The quantitative estimate of drug-likeness (QED) is 0.439. The average molecular weight is 423 g/mol. The molecule has 6 nitrogen and oxygen atoms in total. The number of carbonyl (C=O) groups excluding carboxylic acids is 3. The number of β-lactam (4-membered cyclic amide) rings is 1. The lowest BCUT2D eigenvalue weighted by molar-refractivity contribution is -0.163. The highest BCUT2D eigenvalue weighted by Gasteiger charge is 2.60. The van der Waals surface area contributed by atoms with Crippen LogP contribution in [0.4, 0.5) is 0 Å².